The zero-order chi connectivity index (χ0) is 18.7. The van der Waals surface area contributed by atoms with Crippen molar-refractivity contribution in [2.45, 2.75) is 39.7 Å². The van der Waals surface area contributed by atoms with Gasteiger partial charge in [0.15, 0.2) is 0 Å². The Morgan fingerprint density at radius 2 is 1.96 bits per heavy atom. The zero-order valence-electron chi connectivity index (χ0n) is 15.6. The molecule has 1 aliphatic heterocycles. The van der Waals surface area contributed by atoms with Crippen LogP contribution in [0.1, 0.15) is 41.5 Å². The van der Waals surface area contributed by atoms with Crippen LogP contribution in [0.4, 0.5) is 0 Å². The smallest absolute Gasteiger partial charge is 0.380 e. The van der Waals surface area contributed by atoms with E-state index in [-0.39, 0.29) is 6.10 Å². The summed E-state index contributed by atoms with van der Waals surface area (Å²) >= 11 is 0. The summed E-state index contributed by atoms with van der Waals surface area (Å²) in [7, 11) is 0. The standard InChI is InChI=1S/C20H25N3O3/c1-4-22-12-8-11-17(13-22)26-20(25)19(24)18-14(2)21-23(15(18)3)16-9-6-5-7-10-16/h5-7,9-10,17H,4,8,11-13H2,1-3H3. The number of Topliss-reactive ketones (excluding diaryl/α,β-unsaturated/α-hetero) is 1. The first-order chi connectivity index (χ1) is 12.5. The van der Waals surface area contributed by atoms with Gasteiger partial charge in [-0.15, -0.1) is 0 Å². The van der Waals surface area contributed by atoms with Gasteiger partial charge in [0.2, 0.25) is 0 Å². The minimum atomic E-state index is -0.785. The molecule has 6 nitrogen and oxygen atoms in total. The number of carbonyl (C=O) groups excluding carboxylic acids is 2. The van der Waals surface area contributed by atoms with Crippen molar-refractivity contribution in [2.75, 3.05) is 19.6 Å². The molecule has 0 radical (unpaired) electrons. The predicted octanol–water partition coefficient (Wildman–Crippen LogP) is 2.70. The Labute approximate surface area is 153 Å². The summed E-state index contributed by atoms with van der Waals surface area (Å²) in [5, 5.41) is 4.44. The molecular formula is C20H25N3O3. The fraction of sp³-hybridized carbons (Fsp3) is 0.450. The van der Waals surface area contributed by atoms with Crippen LogP contribution in [0.3, 0.4) is 0 Å². The van der Waals surface area contributed by atoms with Gasteiger partial charge in [-0.25, -0.2) is 9.48 Å². The highest BCUT2D eigenvalue weighted by Gasteiger charge is 2.30. The maximum atomic E-state index is 12.7. The summed E-state index contributed by atoms with van der Waals surface area (Å²) in [6, 6.07) is 9.55. The third kappa shape index (κ3) is 3.70. The van der Waals surface area contributed by atoms with Crippen LogP contribution in [0, 0.1) is 13.8 Å². The second-order valence-electron chi connectivity index (χ2n) is 6.69. The number of hydrogen-bond acceptors (Lipinski definition) is 5. The minimum Gasteiger partial charge on any atom is -0.455 e. The molecule has 2 aromatic rings. The number of para-hydroxylation sites is 1. The largest absolute Gasteiger partial charge is 0.455 e. The number of benzene rings is 1. The number of hydrogen-bond donors (Lipinski definition) is 0. The molecule has 1 aromatic carbocycles. The number of nitrogens with zero attached hydrogens (tertiary/aromatic N) is 3. The molecule has 0 bridgehead atoms. The van der Waals surface area contributed by atoms with Crippen molar-refractivity contribution in [1.82, 2.24) is 14.7 Å². The summed E-state index contributed by atoms with van der Waals surface area (Å²) in [5.74, 6) is -1.40. The van der Waals surface area contributed by atoms with Gasteiger partial charge in [-0.1, -0.05) is 25.1 Å². The first-order valence-electron chi connectivity index (χ1n) is 9.10. The van der Waals surface area contributed by atoms with E-state index in [1.807, 2.05) is 30.3 Å². The predicted molar refractivity (Wildman–Crippen MR) is 98.6 cm³/mol. The highest BCUT2D eigenvalue weighted by atomic mass is 16.5. The van der Waals surface area contributed by atoms with Gasteiger partial charge in [-0.05, 0) is 51.9 Å². The number of aromatic nitrogens is 2. The number of aryl methyl sites for hydroxylation is 1. The lowest BCUT2D eigenvalue weighted by Gasteiger charge is -2.31. The Bertz CT molecular complexity index is 798. The number of esters is 1. The molecular weight excluding hydrogens is 330 g/mol. The van der Waals surface area contributed by atoms with E-state index in [0.29, 0.717) is 23.5 Å². The molecule has 6 heteroatoms. The van der Waals surface area contributed by atoms with Crippen LogP contribution >= 0.6 is 0 Å². The number of piperidine rings is 1. The SMILES string of the molecule is CCN1CCCC(OC(=O)C(=O)c2c(C)nn(-c3ccccc3)c2C)C1. The number of ether oxygens (including phenoxy) is 1. The molecule has 0 spiro atoms. The van der Waals surface area contributed by atoms with Crippen molar-refractivity contribution < 1.29 is 14.3 Å². The fourth-order valence-electron chi connectivity index (χ4n) is 3.50. The topological polar surface area (TPSA) is 64.4 Å². The van der Waals surface area contributed by atoms with Crippen LogP contribution in [0.2, 0.25) is 0 Å². The van der Waals surface area contributed by atoms with Gasteiger partial charge in [0.05, 0.1) is 22.6 Å². The van der Waals surface area contributed by atoms with E-state index in [1.165, 1.54) is 0 Å². The number of likely N-dealkylation sites (N-methyl/N-ethyl adjacent to an activating group) is 1. The molecule has 1 aliphatic rings. The van der Waals surface area contributed by atoms with Crippen molar-refractivity contribution in [3.63, 3.8) is 0 Å². The van der Waals surface area contributed by atoms with Crippen molar-refractivity contribution in [2.24, 2.45) is 0 Å². The zero-order valence-corrected chi connectivity index (χ0v) is 15.6. The minimum absolute atomic E-state index is 0.218. The molecule has 2 heterocycles. The Hall–Kier alpha value is -2.47. The quantitative estimate of drug-likeness (QED) is 0.469. The summed E-state index contributed by atoms with van der Waals surface area (Å²) in [6.07, 6.45) is 1.56. The highest BCUT2D eigenvalue weighted by molar-refractivity contribution is 6.41. The maximum absolute atomic E-state index is 12.7. The average molecular weight is 355 g/mol. The number of likely N-dealkylation sites (tertiary alicyclic amines) is 1. The molecule has 1 unspecified atom stereocenters. The van der Waals surface area contributed by atoms with Gasteiger partial charge in [-0.3, -0.25) is 9.69 Å². The van der Waals surface area contributed by atoms with Gasteiger partial charge in [-0.2, -0.15) is 5.10 Å². The van der Waals surface area contributed by atoms with Crippen molar-refractivity contribution in [3.05, 3.63) is 47.3 Å². The Morgan fingerprint density at radius 1 is 1.23 bits per heavy atom. The van der Waals surface area contributed by atoms with Crippen molar-refractivity contribution in [3.8, 4) is 5.69 Å². The number of carbonyl (C=O) groups is 2. The highest BCUT2D eigenvalue weighted by Crippen LogP contribution is 2.20. The number of rotatable bonds is 5. The summed E-state index contributed by atoms with van der Waals surface area (Å²) in [5.41, 5.74) is 2.37. The van der Waals surface area contributed by atoms with E-state index >= 15 is 0 Å². The lowest BCUT2D eigenvalue weighted by molar-refractivity contribution is -0.145. The molecule has 138 valence electrons. The Balaban J connectivity index is 1.77. The lowest BCUT2D eigenvalue weighted by Crippen LogP contribution is -2.41. The van der Waals surface area contributed by atoms with Crippen LogP contribution in [0.15, 0.2) is 30.3 Å². The van der Waals surface area contributed by atoms with E-state index in [2.05, 4.69) is 16.9 Å². The third-order valence-corrected chi connectivity index (χ3v) is 4.89. The van der Waals surface area contributed by atoms with Crippen molar-refractivity contribution >= 4 is 11.8 Å². The second kappa shape index (κ2) is 7.83. The normalized spacial score (nSPS) is 17.9. The van der Waals surface area contributed by atoms with Gasteiger partial charge in [0.25, 0.3) is 5.78 Å². The molecule has 0 aliphatic carbocycles. The monoisotopic (exact) mass is 355 g/mol. The van der Waals surface area contributed by atoms with Crippen LogP contribution in [0.25, 0.3) is 5.69 Å². The summed E-state index contributed by atoms with van der Waals surface area (Å²) in [6.45, 7) is 8.25. The van der Waals surface area contributed by atoms with Gasteiger partial charge < -0.3 is 4.74 Å². The molecule has 1 atom stereocenters. The Kier molecular flexibility index (Phi) is 5.52. The van der Waals surface area contributed by atoms with Crippen molar-refractivity contribution in [1.29, 1.82) is 0 Å². The molecule has 1 aromatic heterocycles. The third-order valence-electron chi connectivity index (χ3n) is 4.89. The summed E-state index contributed by atoms with van der Waals surface area (Å²) < 4.78 is 7.19. The van der Waals surface area contributed by atoms with Crippen LogP contribution in [-0.4, -0.2) is 52.2 Å². The van der Waals surface area contributed by atoms with Gasteiger partial charge >= 0.3 is 5.97 Å². The van der Waals surface area contributed by atoms with E-state index in [0.717, 1.165) is 31.6 Å². The lowest BCUT2D eigenvalue weighted by atomic mass is 10.1. The van der Waals surface area contributed by atoms with Crippen LogP contribution in [0.5, 0.6) is 0 Å². The maximum Gasteiger partial charge on any atom is 0.380 e. The first-order valence-corrected chi connectivity index (χ1v) is 9.10. The van der Waals surface area contributed by atoms with E-state index < -0.39 is 11.8 Å². The first kappa shape index (κ1) is 18.3. The molecule has 1 fully saturated rings. The Morgan fingerprint density at radius 3 is 2.65 bits per heavy atom. The van der Waals surface area contributed by atoms with E-state index in [9.17, 15) is 9.59 Å². The fourth-order valence-corrected chi connectivity index (χ4v) is 3.50. The second-order valence-corrected chi connectivity index (χ2v) is 6.69. The van der Waals surface area contributed by atoms with Crippen LogP contribution in [-0.2, 0) is 9.53 Å². The van der Waals surface area contributed by atoms with Gasteiger partial charge in [0.1, 0.15) is 6.10 Å². The molecule has 3 rings (SSSR count). The van der Waals surface area contributed by atoms with E-state index in [1.54, 1.807) is 18.5 Å². The summed E-state index contributed by atoms with van der Waals surface area (Å²) in [4.78, 5) is 27.4. The van der Waals surface area contributed by atoms with Gasteiger partial charge in [0, 0.05) is 6.54 Å². The molecule has 0 N–H and O–H groups in total. The molecule has 1 saturated heterocycles. The number of ketones is 1. The molecule has 26 heavy (non-hydrogen) atoms. The van der Waals surface area contributed by atoms with Crippen LogP contribution < -0.4 is 0 Å². The molecule has 0 amide bonds. The molecule has 0 saturated carbocycles. The van der Waals surface area contributed by atoms with E-state index in [4.69, 9.17) is 4.74 Å². The average Bonchev–Trinajstić information content (AvgIpc) is 2.96.